The number of rotatable bonds is 5. The molecule has 0 saturated heterocycles. The van der Waals surface area contributed by atoms with E-state index in [0.29, 0.717) is 30.8 Å². The molecule has 0 bridgehead atoms. The molecule has 1 aromatic heterocycles. The molecule has 0 unspecified atom stereocenters. The van der Waals surface area contributed by atoms with Gasteiger partial charge in [-0.05, 0) is 48.0 Å². The number of aromatic nitrogens is 1. The normalized spacial score (nSPS) is 13.0. The molecule has 1 aliphatic heterocycles. The van der Waals surface area contributed by atoms with Gasteiger partial charge in [0.05, 0.1) is 12.2 Å². The van der Waals surface area contributed by atoms with Crippen LogP contribution in [0.2, 0.25) is 0 Å². The predicted octanol–water partition coefficient (Wildman–Crippen LogP) is 3.88. The molecule has 4 rings (SSSR count). The second-order valence-corrected chi connectivity index (χ2v) is 9.26. The van der Waals surface area contributed by atoms with Crippen molar-refractivity contribution in [3.05, 3.63) is 85.8 Å². The number of hydrogen-bond acceptors (Lipinski definition) is 6. The van der Waals surface area contributed by atoms with Crippen LogP contribution >= 0.6 is 27.3 Å². The smallest absolute Gasteiger partial charge is 0.303 e. The van der Waals surface area contributed by atoms with Gasteiger partial charge in [-0.25, -0.2) is 10.5 Å². The molecular weight excluding hydrogens is 508 g/mol. The van der Waals surface area contributed by atoms with Crippen molar-refractivity contribution in [2.75, 3.05) is 11.9 Å². The maximum Gasteiger partial charge on any atom is 0.303 e. The molecule has 0 spiro atoms. The highest BCUT2D eigenvalue weighted by molar-refractivity contribution is 9.10. The van der Waals surface area contributed by atoms with Crippen LogP contribution in [0.15, 0.2) is 59.1 Å². The van der Waals surface area contributed by atoms with Gasteiger partial charge < -0.3 is 10.2 Å². The third-order valence-electron chi connectivity index (χ3n) is 4.99. The average Bonchev–Trinajstić information content (AvgIpc) is 3.26. The van der Waals surface area contributed by atoms with E-state index in [2.05, 4.69) is 26.2 Å². The number of benzene rings is 2. The molecule has 0 saturated carbocycles. The summed E-state index contributed by atoms with van der Waals surface area (Å²) in [6, 6.07) is 14.3. The zero-order valence-corrected chi connectivity index (χ0v) is 19.6. The van der Waals surface area contributed by atoms with Crippen LogP contribution in [0.4, 0.5) is 5.69 Å². The van der Waals surface area contributed by atoms with Crippen molar-refractivity contribution in [3.63, 3.8) is 0 Å². The molecule has 2 aromatic carbocycles. The Balaban J connectivity index is 1.37. The van der Waals surface area contributed by atoms with E-state index in [4.69, 9.17) is 5.21 Å². The molecule has 2 heterocycles. The lowest BCUT2D eigenvalue weighted by molar-refractivity contribution is -0.111. The van der Waals surface area contributed by atoms with Crippen LogP contribution in [0.25, 0.3) is 6.08 Å². The summed E-state index contributed by atoms with van der Waals surface area (Å²) < 4.78 is 0.932. The minimum absolute atomic E-state index is 0.144. The highest BCUT2D eigenvalue weighted by Crippen LogP contribution is 2.26. The van der Waals surface area contributed by atoms with Crippen molar-refractivity contribution in [3.8, 4) is 0 Å². The van der Waals surface area contributed by atoms with E-state index in [1.165, 1.54) is 6.08 Å². The van der Waals surface area contributed by atoms with Crippen LogP contribution in [-0.4, -0.2) is 39.4 Å². The van der Waals surface area contributed by atoms with Crippen molar-refractivity contribution in [2.24, 2.45) is 0 Å². The molecule has 0 fully saturated rings. The van der Waals surface area contributed by atoms with E-state index in [0.717, 1.165) is 31.9 Å². The van der Waals surface area contributed by atoms with Gasteiger partial charge in [-0.2, -0.15) is 0 Å². The summed E-state index contributed by atoms with van der Waals surface area (Å²) in [7, 11) is 0. The van der Waals surface area contributed by atoms with Crippen LogP contribution in [0, 0.1) is 0 Å². The maximum absolute atomic E-state index is 12.9. The number of carbonyl (C=O) groups excluding carboxylic acids is 3. The number of carbonyl (C=O) groups is 3. The molecule has 3 N–H and O–H groups in total. The topological polar surface area (TPSA) is 112 Å². The molecule has 168 valence electrons. The minimum atomic E-state index is -0.656. The first-order chi connectivity index (χ1) is 15.9. The highest BCUT2D eigenvalue weighted by Gasteiger charge is 2.26. The Kier molecular flexibility index (Phi) is 6.97. The number of thiazole rings is 1. The van der Waals surface area contributed by atoms with E-state index in [-0.39, 0.29) is 16.8 Å². The summed E-state index contributed by atoms with van der Waals surface area (Å²) in [6.45, 7) is 0.831. The number of anilines is 1. The number of nitrogens with zero attached hydrogens (tertiary/aromatic N) is 2. The summed E-state index contributed by atoms with van der Waals surface area (Å²) in [5.74, 6) is -1.07. The molecule has 1 aliphatic rings. The standard InChI is InChI=1S/C23H19BrN4O4S/c24-16-3-1-2-14(12-16)4-9-20(29)25-17-7-5-15(6-8-17)23(31)28-11-10-18-19(13-28)33-22(26-18)21(30)27-32/h1-9,12,32H,10-11,13H2,(H,25,29)(H,27,30)/b9-4+. The third-order valence-corrected chi connectivity index (χ3v) is 6.56. The quantitative estimate of drug-likeness (QED) is 0.265. The first-order valence-corrected chi connectivity index (χ1v) is 11.6. The fourth-order valence-corrected chi connectivity index (χ4v) is 4.79. The number of nitrogens with one attached hydrogen (secondary N) is 2. The highest BCUT2D eigenvalue weighted by atomic mass is 79.9. The first-order valence-electron chi connectivity index (χ1n) is 10.00. The summed E-state index contributed by atoms with van der Waals surface area (Å²) in [5, 5.41) is 11.7. The van der Waals surface area contributed by atoms with Gasteiger partial charge in [-0.3, -0.25) is 19.6 Å². The Labute approximate surface area is 202 Å². The molecule has 8 nitrogen and oxygen atoms in total. The van der Waals surface area contributed by atoms with E-state index in [1.807, 2.05) is 24.3 Å². The van der Waals surface area contributed by atoms with E-state index in [1.54, 1.807) is 40.7 Å². The average molecular weight is 527 g/mol. The molecule has 0 aliphatic carbocycles. The summed E-state index contributed by atoms with van der Waals surface area (Å²) in [6.07, 6.45) is 3.71. The number of halogens is 1. The Morgan fingerprint density at radius 1 is 1.15 bits per heavy atom. The van der Waals surface area contributed by atoms with Crippen molar-refractivity contribution < 1.29 is 19.6 Å². The Bertz CT molecular complexity index is 1240. The molecule has 0 atom stereocenters. The van der Waals surface area contributed by atoms with Crippen LogP contribution in [0.5, 0.6) is 0 Å². The third kappa shape index (κ3) is 5.54. The van der Waals surface area contributed by atoms with Crippen molar-refractivity contribution in [2.45, 2.75) is 13.0 Å². The minimum Gasteiger partial charge on any atom is -0.333 e. The molecule has 10 heteroatoms. The van der Waals surface area contributed by atoms with Gasteiger partial charge in [-0.1, -0.05) is 28.1 Å². The molecule has 0 radical (unpaired) electrons. The largest absolute Gasteiger partial charge is 0.333 e. The van der Waals surface area contributed by atoms with E-state index in [9.17, 15) is 14.4 Å². The number of amides is 3. The first kappa shape index (κ1) is 22.8. The predicted molar refractivity (Wildman–Crippen MR) is 128 cm³/mol. The van der Waals surface area contributed by atoms with Crippen molar-refractivity contribution in [1.82, 2.24) is 15.4 Å². The van der Waals surface area contributed by atoms with Gasteiger partial charge in [0.2, 0.25) is 5.91 Å². The molecule has 3 amide bonds. The van der Waals surface area contributed by atoms with Gasteiger partial charge >= 0.3 is 5.91 Å². The van der Waals surface area contributed by atoms with Gasteiger partial charge in [0.15, 0.2) is 5.01 Å². The SMILES string of the molecule is O=C(/C=C/c1cccc(Br)c1)Nc1ccc(C(=O)N2CCc3nc(C(=O)NO)sc3C2)cc1. The van der Waals surface area contributed by atoms with Crippen molar-refractivity contribution >= 4 is 56.8 Å². The zero-order valence-electron chi connectivity index (χ0n) is 17.2. The number of hydrogen-bond donors (Lipinski definition) is 3. The van der Waals surface area contributed by atoms with Gasteiger partial charge in [-0.15, -0.1) is 11.3 Å². The van der Waals surface area contributed by atoms with Crippen molar-refractivity contribution in [1.29, 1.82) is 0 Å². The lowest BCUT2D eigenvalue weighted by Crippen LogP contribution is -2.35. The van der Waals surface area contributed by atoms with Crippen LogP contribution < -0.4 is 10.8 Å². The Hall–Kier alpha value is -3.34. The number of fused-ring (bicyclic) bond motifs is 1. The lowest BCUT2D eigenvalue weighted by Gasteiger charge is -2.26. The van der Waals surface area contributed by atoms with E-state index >= 15 is 0 Å². The number of hydroxylamine groups is 1. The fraction of sp³-hybridized carbons (Fsp3) is 0.130. The molecule has 3 aromatic rings. The second kappa shape index (κ2) is 10.1. The summed E-state index contributed by atoms with van der Waals surface area (Å²) in [5.41, 5.74) is 4.33. The maximum atomic E-state index is 12.9. The fourth-order valence-electron chi connectivity index (χ4n) is 3.36. The summed E-state index contributed by atoms with van der Waals surface area (Å²) in [4.78, 5) is 43.4. The monoisotopic (exact) mass is 526 g/mol. The van der Waals surface area contributed by atoms with E-state index < -0.39 is 5.91 Å². The molecule has 33 heavy (non-hydrogen) atoms. The van der Waals surface area contributed by atoms with Gasteiger partial charge in [0.1, 0.15) is 0 Å². The zero-order chi connectivity index (χ0) is 23.4. The summed E-state index contributed by atoms with van der Waals surface area (Å²) >= 11 is 4.56. The lowest BCUT2D eigenvalue weighted by atomic mass is 10.1. The Morgan fingerprint density at radius 3 is 2.67 bits per heavy atom. The Morgan fingerprint density at radius 2 is 1.94 bits per heavy atom. The second-order valence-electron chi connectivity index (χ2n) is 7.26. The van der Waals surface area contributed by atoms with Crippen LogP contribution in [0.3, 0.4) is 0 Å². The van der Waals surface area contributed by atoms with Gasteiger partial charge in [0, 0.05) is 39.6 Å². The van der Waals surface area contributed by atoms with Crippen LogP contribution in [0.1, 0.15) is 36.3 Å². The van der Waals surface area contributed by atoms with Gasteiger partial charge in [0.25, 0.3) is 5.91 Å². The molecular formula is C23H19BrN4O4S. The van der Waals surface area contributed by atoms with Crippen LogP contribution in [-0.2, 0) is 17.8 Å².